The van der Waals surface area contributed by atoms with Gasteiger partial charge >= 0.3 is 0 Å². The maximum absolute atomic E-state index is 13.7. The van der Waals surface area contributed by atoms with Gasteiger partial charge < -0.3 is 29.4 Å². The van der Waals surface area contributed by atoms with Gasteiger partial charge in [0.05, 0.1) is 27.0 Å². The molecular weight excluding hydrogens is 506 g/mol. The summed E-state index contributed by atoms with van der Waals surface area (Å²) in [6.45, 7) is 1.73. The van der Waals surface area contributed by atoms with Crippen molar-refractivity contribution < 1.29 is 33.6 Å². The molecule has 37 heavy (non-hydrogen) atoms. The second kappa shape index (κ2) is 8.96. The molecule has 3 aromatic rings. The summed E-state index contributed by atoms with van der Waals surface area (Å²) in [5.41, 5.74) is -0.512. The second-order valence-electron chi connectivity index (χ2n) is 8.54. The van der Waals surface area contributed by atoms with Crippen LogP contribution in [0.4, 0.5) is 5.69 Å². The number of allylic oxidation sites excluding steroid dienone is 1. The number of aromatic nitrogens is 4. The van der Waals surface area contributed by atoms with Gasteiger partial charge in [-0.2, -0.15) is 5.21 Å². The molecule has 2 aromatic carbocycles. The summed E-state index contributed by atoms with van der Waals surface area (Å²) in [6, 6.07) is 4.62. The normalized spacial score (nSPS) is 20.4. The van der Waals surface area contributed by atoms with Crippen LogP contribution < -0.4 is 24.3 Å². The molecule has 0 amide bonds. The van der Waals surface area contributed by atoms with Gasteiger partial charge in [-0.25, -0.2) is 0 Å². The van der Waals surface area contributed by atoms with Crippen molar-refractivity contribution in [2.75, 3.05) is 26.6 Å². The number of fused-ring (bicyclic) bond motifs is 1. The van der Waals surface area contributed by atoms with Crippen LogP contribution in [-0.2, 0) is 4.79 Å². The van der Waals surface area contributed by atoms with E-state index in [0.717, 1.165) is 0 Å². The van der Waals surface area contributed by atoms with E-state index in [4.69, 9.17) is 30.5 Å². The number of benzene rings is 2. The lowest BCUT2D eigenvalue weighted by molar-refractivity contribution is -0.129. The number of H-pyrrole nitrogens is 1. The molecule has 3 N–H and O–H groups in total. The number of rotatable bonds is 6. The van der Waals surface area contributed by atoms with Gasteiger partial charge in [0.1, 0.15) is 22.1 Å². The van der Waals surface area contributed by atoms with Crippen LogP contribution in [0.25, 0.3) is 11.4 Å². The van der Waals surface area contributed by atoms with Crippen molar-refractivity contribution in [1.29, 1.82) is 0 Å². The van der Waals surface area contributed by atoms with E-state index < -0.39 is 23.1 Å². The van der Waals surface area contributed by atoms with Gasteiger partial charge in [-0.15, -0.1) is 10.2 Å². The number of hydrogen-bond acceptors (Lipinski definition) is 11. The number of phenolic OH excluding ortho intramolecular Hbond substituents is 1. The Labute approximate surface area is 215 Å². The Balaban J connectivity index is 1.51. The highest BCUT2D eigenvalue weighted by Crippen LogP contribution is 2.53. The van der Waals surface area contributed by atoms with E-state index in [2.05, 4.69) is 25.9 Å². The molecule has 2 atom stereocenters. The number of ketones is 2. The fourth-order valence-corrected chi connectivity index (χ4v) is 4.93. The Morgan fingerprint density at radius 3 is 2.49 bits per heavy atom. The highest BCUT2D eigenvalue weighted by atomic mass is 35.5. The molecule has 12 nitrogen and oxygen atoms in total. The van der Waals surface area contributed by atoms with Crippen LogP contribution in [0.5, 0.6) is 28.7 Å². The Hall–Kier alpha value is -4.32. The van der Waals surface area contributed by atoms with E-state index in [9.17, 15) is 14.7 Å². The Morgan fingerprint density at radius 2 is 1.86 bits per heavy atom. The monoisotopic (exact) mass is 527 g/mol. The zero-order valence-corrected chi connectivity index (χ0v) is 21.0. The van der Waals surface area contributed by atoms with Crippen molar-refractivity contribution in [1.82, 2.24) is 20.6 Å². The number of halogens is 1. The van der Waals surface area contributed by atoms with E-state index in [1.807, 2.05) is 0 Å². The van der Waals surface area contributed by atoms with Gasteiger partial charge in [0.15, 0.2) is 17.2 Å². The van der Waals surface area contributed by atoms with Crippen molar-refractivity contribution in [2.45, 2.75) is 18.9 Å². The van der Waals surface area contributed by atoms with Crippen molar-refractivity contribution in [3.63, 3.8) is 0 Å². The van der Waals surface area contributed by atoms with Crippen LogP contribution in [0.15, 0.2) is 30.0 Å². The highest BCUT2D eigenvalue weighted by molar-refractivity contribution is 6.36. The number of methoxy groups -OCH3 is 3. The number of carbonyl (C=O) groups is 2. The third kappa shape index (κ3) is 3.63. The lowest BCUT2D eigenvalue weighted by atomic mass is 9.74. The summed E-state index contributed by atoms with van der Waals surface area (Å²) in [7, 11) is 4.23. The fraction of sp³-hybridized carbons (Fsp3) is 0.292. The number of phenols is 1. The van der Waals surface area contributed by atoms with Crippen LogP contribution in [0, 0.1) is 5.92 Å². The molecule has 0 fully saturated rings. The molecule has 192 valence electrons. The van der Waals surface area contributed by atoms with Gasteiger partial charge in [0.25, 0.3) is 0 Å². The summed E-state index contributed by atoms with van der Waals surface area (Å²) >= 11 is 6.43. The summed E-state index contributed by atoms with van der Waals surface area (Å²) in [5, 5.41) is 27.7. The molecule has 1 spiro atoms. The van der Waals surface area contributed by atoms with Crippen LogP contribution in [0.1, 0.15) is 23.7 Å². The molecule has 0 radical (unpaired) electrons. The summed E-state index contributed by atoms with van der Waals surface area (Å²) in [6.07, 6.45) is 1.52. The summed E-state index contributed by atoms with van der Waals surface area (Å²) < 4.78 is 22.0. The predicted octanol–water partition coefficient (Wildman–Crippen LogP) is 3.17. The number of tetrazole rings is 1. The van der Waals surface area contributed by atoms with E-state index in [1.165, 1.54) is 33.5 Å². The molecule has 2 aliphatic rings. The molecule has 0 saturated carbocycles. The van der Waals surface area contributed by atoms with E-state index in [-0.39, 0.29) is 57.3 Å². The molecule has 1 aliphatic heterocycles. The molecular formula is C24H22ClN5O7. The predicted molar refractivity (Wildman–Crippen MR) is 131 cm³/mol. The minimum absolute atomic E-state index is 0.0445. The number of anilines is 1. The third-order valence-electron chi connectivity index (χ3n) is 6.50. The van der Waals surface area contributed by atoms with Crippen LogP contribution in [-0.4, -0.2) is 64.2 Å². The molecule has 1 aliphatic carbocycles. The van der Waals surface area contributed by atoms with Crippen LogP contribution in [0.2, 0.25) is 5.02 Å². The first kappa shape index (κ1) is 24.4. The number of ether oxygens (including phenoxy) is 4. The van der Waals surface area contributed by atoms with E-state index in [1.54, 1.807) is 19.1 Å². The maximum atomic E-state index is 13.7. The van der Waals surface area contributed by atoms with E-state index in [0.29, 0.717) is 11.3 Å². The molecule has 1 aromatic heterocycles. The van der Waals surface area contributed by atoms with E-state index >= 15 is 0 Å². The fourth-order valence-electron chi connectivity index (χ4n) is 4.66. The first-order valence-corrected chi connectivity index (χ1v) is 11.5. The highest BCUT2D eigenvalue weighted by Gasteiger charge is 2.60. The lowest BCUT2D eigenvalue weighted by Gasteiger charge is -2.35. The number of nitrogens with zero attached hydrogens (tertiary/aromatic N) is 3. The minimum Gasteiger partial charge on any atom is -0.503 e. The van der Waals surface area contributed by atoms with Gasteiger partial charge in [-0.05, 0) is 23.8 Å². The van der Waals surface area contributed by atoms with Gasteiger partial charge in [0, 0.05) is 29.3 Å². The summed E-state index contributed by atoms with van der Waals surface area (Å²) in [4.78, 5) is 27.2. The maximum Gasteiger partial charge on any atom is 0.236 e. The van der Waals surface area contributed by atoms with Gasteiger partial charge in [-0.3, -0.25) is 9.59 Å². The number of carbonyl (C=O) groups excluding carboxylic acids is 2. The SMILES string of the molecule is COc1cc(-c2nn[nH]n2)cc(NC2=CC(=O)[C@@]3(Oc4c(Cl)c(OC)cc(OC)c4C3=O)[C@H](C)C2)c1O. The number of hydrogen-bond donors (Lipinski definition) is 3. The van der Waals surface area contributed by atoms with Gasteiger partial charge in [0.2, 0.25) is 23.0 Å². The number of nitrogens with one attached hydrogen (secondary N) is 2. The zero-order chi connectivity index (χ0) is 26.5. The van der Waals surface area contributed by atoms with Crippen molar-refractivity contribution in [2.24, 2.45) is 5.92 Å². The minimum atomic E-state index is -1.82. The topological polar surface area (TPSA) is 158 Å². The largest absolute Gasteiger partial charge is 0.503 e. The Morgan fingerprint density at radius 1 is 1.14 bits per heavy atom. The van der Waals surface area contributed by atoms with Crippen molar-refractivity contribution in [3.8, 4) is 40.1 Å². The van der Waals surface area contributed by atoms with Crippen molar-refractivity contribution in [3.05, 3.63) is 40.6 Å². The zero-order valence-electron chi connectivity index (χ0n) is 20.2. The molecule has 5 rings (SSSR count). The average molecular weight is 528 g/mol. The second-order valence-corrected chi connectivity index (χ2v) is 8.92. The molecule has 2 heterocycles. The molecule has 13 heteroatoms. The number of aromatic hydroxyl groups is 1. The van der Waals surface area contributed by atoms with Crippen molar-refractivity contribution >= 4 is 28.9 Å². The smallest absolute Gasteiger partial charge is 0.236 e. The summed E-state index contributed by atoms with van der Waals surface area (Å²) in [5.74, 6) is -0.966. The Bertz CT molecular complexity index is 1460. The molecule has 0 unspecified atom stereocenters. The third-order valence-corrected chi connectivity index (χ3v) is 6.86. The Kier molecular flexibility index (Phi) is 5.91. The molecule has 0 bridgehead atoms. The van der Waals surface area contributed by atoms with Crippen LogP contribution >= 0.6 is 11.6 Å². The quantitative estimate of drug-likeness (QED) is 0.319. The average Bonchev–Trinajstić information content (AvgIpc) is 3.52. The van der Waals surface area contributed by atoms with Crippen LogP contribution in [0.3, 0.4) is 0 Å². The first-order chi connectivity index (χ1) is 17.7. The van der Waals surface area contributed by atoms with Gasteiger partial charge in [-0.1, -0.05) is 18.5 Å². The number of Topliss-reactive ketones (excluding diaryl/α,β-unsaturated/α-hetero) is 1. The number of aromatic amines is 1. The lowest BCUT2D eigenvalue weighted by Crippen LogP contribution is -2.55. The first-order valence-electron chi connectivity index (χ1n) is 11.1. The standard InChI is InChI=1S/C24H22ClN5O7/c1-10-5-12(26-13-6-11(23-27-29-30-28-23)7-16(36-4)20(13)32)8-17(31)24(10)22(33)18-14(34-2)9-15(35-3)19(25)21(18)37-24/h6-10,26,32H,5H2,1-4H3,(H,27,28,29,30)/t10-,24+/m1/s1. The molecule has 0 saturated heterocycles.